The molecule has 0 aliphatic carbocycles. The average Bonchev–Trinajstić information content (AvgIpc) is 2.30. The molecule has 0 bridgehead atoms. The first-order valence-corrected chi connectivity index (χ1v) is 6.85. The highest BCUT2D eigenvalue weighted by molar-refractivity contribution is 5.76. The average molecular weight is 270 g/mol. The number of carboxylic acid groups (broad SMARTS) is 1. The molecule has 2 fully saturated rings. The number of hydrogen-bond donors (Lipinski definition) is 2. The minimum absolute atomic E-state index is 0.0208. The molecule has 0 radical (unpaired) electrons. The first-order chi connectivity index (χ1) is 8.90. The number of nitrogens with zero attached hydrogens (tertiary/aromatic N) is 2. The molecule has 2 aliphatic heterocycles. The van der Waals surface area contributed by atoms with E-state index in [2.05, 4.69) is 0 Å². The van der Waals surface area contributed by atoms with E-state index in [0.29, 0.717) is 32.6 Å². The number of urea groups is 1. The summed E-state index contributed by atoms with van der Waals surface area (Å²) in [5.74, 6) is -1.03. The lowest BCUT2D eigenvalue weighted by Crippen LogP contribution is -2.59. The van der Waals surface area contributed by atoms with E-state index in [1.165, 1.54) is 0 Å². The van der Waals surface area contributed by atoms with E-state index in [4.69, 9.17) is 5.11 Å². The summed E-state index contributed by atoms with van der Waals surface area (Å²) in [5, 5.41) is 18.6. The van der Waals surface area contributed by atoms with E-state index >= 15 is 0 Å². The minimum Gasteiger partial charge on any atom is -0.481 e. The van der Waals surface area contributed by atoms with E-state index in [1.54, 1.807) is 16.7 Å². The van der Waals surface area contributed by atoms with Crippen LogP contribution < -0.4 is 0 Å². The van der Waals surface area contributed by atoms with Crippen molar-refractivity contribution in [2.45, 2.75) is 26.4 Å². The van der Waals surface area contributed by atoms with Gasteiger partial charge in [-0.25, -0.2) is 4.79 Å². The van der Waals surface area contributed by atoms with Crippen LogP contribution in [-0.4, -0.2) is 64.3 Å². The standard InChI is InChI=1S/C13H22N2O4/c1-8-5-14(4-3-11(8)16)13(19)15-6-10(7-15)9(2)12(17)18/h8-11,16H,3-7H2,1-2H3,(H,17,18). The molecule has 3 atom stereocenters. The Morgan fingerprint density at radius 1 is 1.21 bits per heavy atom. The fourth-order valence-corrected chi connectivity index (χ4v) is 2.69. The molecule has 2 aliphatic rings. The van der Waals surface area contributed by atoms with Crippen LogP contribution in [0.4, 0.5) is 4.79 Å². The fourth-order valence-electron chi connectivity index (χ4n) is 2.69. The monoisotopic (exact) mass is 270 g/mol. The number of aliphatic hydroxyl groups excluding tert-OH is 1. The van der Waals surface area contributed by atoms with Crippen LogP contribution in [0.1, 0.15) is 20.3 Å². The van der Waals surface area contributed by atoms with Crippen LogP contribution in [0.25, 0.3) is 0 Å². The summed E-state index contributed by atoms with van der Waals surface area (Å²) < 4.78 is 0. The summed E-state index contributed by atoms with van der Waals surface area (Å²) in [4.78, 5) is 26.5. The van der Waals surface area contributed by atoms with Gasteiger partial charge in [-0.3, -0.25) is 4.79 Å². The van der Waals surface area contributed by atoms with Crippen molar-refractivity contribution in [3.05, 3.63) is 0 Å². The van der Waals surface area contributed by atoms with Crippen LogP contribution in [0.5, 0.6) is 0 Å². The third-order valence-electron chi connectivity index (χ3n) is 4.41. The predicted molar refractivity (Wildman–Crippen MR) is 68.6 cm³/mol. The van der Waals surface area contributed by atoms with Gasteiger partial charge in [0.25, 0.3) is 0 Å². The molecule has 2 amide bonds. The van der Waals surface area contributed by atoms with Gasteiger partial charge >= 0.3 is 12.0 Å². The molecule has 2 rings (SSSR count). The number of aliphatic hydroxyl groups is 1. The third-order valence-corrected chi connectivity index (χ3v) is 4.41. The van der Waals surface area contributed by atoms with Crippen LogP contribution in [0, 0.1) is 17.8 Å². The number of rotatable bonds is 2. The predicted octanol–water partition coefficient (Wildman–Crippen LogP) is 0.462. The third kappa shape index (κ3) is 2.83. The normalized spacial score (nSPS) is 29.8. The van der Waals surface area contributed by atoms with Gasteiger partial charge in [0, 0.05) is 32.1 Å². The van der Waals surface area contributed by atoms with Crippen molar-refractivity contribution in [3.63, 3.8) is 0 Å². The van der Waals surface area contributed by atoms with Gasteiger partial charge in [-0.15, -0.1) is 0 Å². The van der Waals surface area contributed by atoms with Gasteiger partial charge in [-0.05, 0) is 12.3 Å². The van der Waals surface area contributed by atoms with Gasteiger partial charge in [0.15, 0.2) is 0 Å². The summed E-state index contributed by atoms with van der Waals surface area (Å²) in [6.07, 6.45) is 0.301. The fraction of sp³-hybridized carbons (Fsp3) is 0.846. The number of amides is 2. The molecule has 6 nitrogen and oxygen atoms in total. The van der Waals surface area contributed by atoms with Gasteiger partial charge < -0.3 is 20.0 Å². The second-order valence-electron chi connectivity index (χ2n) is 5.85. The lowest BCUT2D eigenvalue weighted by molar-refractivity contribution is -0.145. The topological polar surface area (TPSA) is 81.1 Å². The second-order valence-corrected chi connectivity index (χ2v) is 5.85. The molecule has 0 saturated carbocycles. The number of carbonyl (C=O) groups excluding carboxylic acids is 1. The number of carboxylic acids is 1. The number of carbonyl (C=O) groups is 2. The molecule has 2 heterocycles. The van der Waals surface area contributed by atoms with Crippen LogP contribution >= 0.6 is 0 Å². The highest BCUT2D eigenvalue weighted by atomic mass is 16.4. The van der Waals surface area contributed by atoms with Crippen molar-refractivity contribution >= 4 is 12.0 Å². The Bertz CT molecular complexity index is 368. The van der Waals surface area contributed by atoms with E-state index in [1.807, 2.05) is 6.92 Å². The molecule has 0 aromatic heterocycles. The Kier molecular flexibility index (Phi) is 3.99. The van der Waals surface area contributed by atoms with Crippen molar-refractivity contribution in [3.8, 4) is 0 Å². The van der Waals surface area contributed by atoms with E-state index in [0.717, 1.165) is 0 Å². The van der Waals surface area contributed by atoms with Crippen LogP contribution in [0.2, 0.25) is 0 Å². The zero-order valence-corrected chi connectivity index (χ0v) is 11.5. The number of likely N-dealkylation sites (tertiary alicyclic amines) is 2. The van der Waals surface area contributed by atoms with E-state index < -0.39 is 11.9 Å². The molecule has 6 heteroatoms. The summed E-state index contributed by atoms with van der Waals surface area (Å²) in [5.41, 5.74) is 0. The van der Waals surface area contributed by atoms with Gasteiger partial charge in [-0.1, -0.05) is 13.8 Å². The highest BCUT2D eigenvalue weighted by Gasteiger charge is 2.39. The Hall–Kier alpha value is -1.30. The van der Waals surface area contributed by atoms with Gasteiger partial charge in [0.1, 0.15) is 0 Å². The highest BCUT2D eigenvalue weighted by Crippen LogP contribution is 2.26. The first kappa shape index (κ1) is 14.1. The Morgan fingerprint density at radius 3 is 2.37 bits per heavy atom. The SMILES string of the molecule is CC1CN(C(=O)N2CC(C(C)C(=O)O)C2)CCC1O. The van der Waals surface area contributed by atoms with Crippen molar-refractivity contribution in [1.29, 1.82) is 0 Å². The molecule has 19 heavy (non-hydrogen) atoms. The van der Waals surface area contributed by atoms with Crippen molar-refractivity contribution < 1.29 is 19.8 Å². The Labute approximate surface area is 113 Å². The van der Waals surface area contributed by atoms with Crippen LogP contribution in [-0.2, 0) is 4.79 Å². The molecule has 0 spiro atoms. The first-order valence-electron chi connectivity index (χ1n) is 6.85. The molecule has 0 aromatic rings. The lowest BCUT2D eigenvalue weighted by atomic mass is 9.87. The molecule has 2 saturated heterocycles. The summed E-state index contributed by atoms with van der Waals surface area (Å²) in [7, 11) is 0. The Balaban J connectivity index is 1.82. The molecule has 2 N–H and O–H groups in total. The number of hydrogen-bond acceptors (Lipinski definition) is 3. The summed E-state index contributed by atoms with van der Waals surface area (Å²) in [6.45, 7) is 5.85. The van der Waals surface area contributed by atoms with Gasteiger partial charge in [0.2, 0.25) is 0 Å². The quantitative estimate of drug-likeness (QED) is 0.764. The van der Waals surface area contributed by atoms with Crippen molar-refractivity contribution in [1.82, 2.24) is 9.80 Å². The lowest BCUT2D eigenvalue weighted by Gasteiger charge is -2.45. The molecule has 108 valence electrons. The number of piperidine rings is 1. The largest absolute Gasteiger partial charge is 0.481 e. The molecular formula is C13H22N2O4. The second kappa shape index (κ2) is 5.36. The van der Waals surface area contributed by atoms with Crippen LogP contribution in [0.15, 0.2) is 0 Å². The molecule has 0 aromatic carbocycles. The smallest absolute Gasteiger partial charge is 0.320 e. The Morgan fingerprint density at radius 2 is 1.84 bits per heavy atom. The van der Waals surface area contributed by atoms with Gasteiger partial charge in [-0.2, -0.15) is 0 Å². The van der Waals surface area contributed by atoms with Crippen molar-refractivity contribution in [2.24, 2.45) is 17.8 Å². The van der Waals surface area contributed by atoms with Crippen LogP contribution in [0.3, 0.4) is 0 Å². The summed E-state index contributed by atoms with van der Waals surface area (Å²) in [6, 6.07) is -0.0208. The summed E-state index contributed by atoms with van der Waals surface area (Å²) >= 11 is 0. The van der Waals surface area contributed by atoms with E-state index in [-0.39, 0.29) is 24.0 Å². The van der Waals surface area contributed by atoms with Gasteiger partial charge in [0.05, 0.1) is 12.0 Å². The zero-order valence-electron chi connectivity index (χ0n) is 11.5. The maximum Gasteiger partial charge on any atom is 0.320 e. The maximum absolute atomic E-state index is 12.2. The minimum atomic E-state index is -0.799. The molecule has 3 unspecified atom stereocenters. The number of aliphatic carboxylic acids is 1. The van der Waals surface area contributed by atoms with E-state index in [9.17, 15) is 14.7 Å². The molecular weight excluding hydrogens is 248 g/mol. The van der Waals surface area contributed by atoms with Crippen molar-refractivity contribution in [2.75, 3.05) is 26.2 Å². The zero-order chi connectivity index (χ0) is 14.2. The maximum atomic E-state index is 12.2.